The fourth-order valence-corrected chi connectivity index (χ4v) is 4.39. The number of hydrogen-bond donors (Lipinski definition) is 0. The maximum Gasteiger partial charge on any atom is 0.416 e. The predicted octanol–water partition coefficient (Wildman–Crippen LogP) is 5.07. The first-order valence-corrected chi connectivity index (χ1v) is 9.36. The smallest absolute Gasteiger partial charge is 0.343 e. The summed E-state index contributed by atoms with van der Waals surface area (Å²) >= 11 is 0.971. The Bertz CT molecular complexity index is 1090. The van der Waals surface area contributed by atoms with Gasteiger partial charge in [0.05, 0.1) is 5.56 Å². The molecule has 0 aliphatic carbocycles. The molecule has 2 amide bonds. The molecule has 0 N–H and O–H groups in total. The molecule has 1 atom stereocenters. The lowest BCUT2D eigenvalue weighted by atomic mass is 10.1. The highest BCUT2D eigenvalue weighted by molar-refractivity contribution is 8.15. The number of halogens is 3. The summed E-state index contributed by atoms with van der Waals surface area (Å²) in [6.07, 6.45) is -2.61. The van der Waals surface area contributed by atoms with Gasteiger partial charge in [-0.15, -0.1) is 0 Å². The van der Waals surface area contributed by atoms with Gasteiger partial charge in [0.1, 0.15) is 5.25 Å². The van der Waals surface area contributed by atoms with Gasteiger partial charge in [-0.3, -0.25) is 14.5 Å². The Morgan fingerprint density at radius 2 is 1.82 bits per heavy atom. The van der Waals surface area contributed by atoms with Crippen molar-refractivity contribution in [3.8, 4) is 0 Å². The monoisotopic (exact) mass is 404 g/mol. The third-order valence-corrected chi connectivity index (χ3v) is 5.95. The molecule has 4 rings (SSSR count). The van der Waals surface area contributed by atoms with Gasteiger partial charge in [0.2, 0.25) is 5.91 Å². The van der Waals surface area contributed by atoms with Gasteiger partial charge in [0, 0.05) is 30.7 Å². The van der Waals surface area contributed by atoms with Gasteiger partial charge in [-0.25, -0.2) is 0 Å². The van der Waals surface area contributed by atoms with Crippen LogP contribution < -0.4 is 0 Å². The van der Waals surface area contributed by atoms with E-state index < -0.39 is 17.0 Å². The molecular weight excluding hydrogens is 389 g/mol. The minimum Gasteiger partial charge on any atom is -0.343 e. The summed E-state index contributed by atoms with van der Waals surface area (Å²) in [6, 6.07) is 12.5. The van der Waals surface area contributed by atoms with Gasteiger partial charge in [-0.1, -0.05) is 24.3 Å². The van der Waals surface area contributed by atoms with E-state index in [-0.39, 0.29) is 17.7 Å². The molecule has 1 fully saturated rings. The molecular formula is C20H15F3N2O2S. The number of likely N-dealkylation sites (N-methyl/N-ethyl adjacent to an activating group) is 1. The Hall–Kier alpha value is -2.74. The molecule has 1 saturated heterocycles. The van der Waals surface area contributed by atoms with Crippen molar-refractivity contribution in [1.29, 1.82) is 0 Å². The number of alkyl halides is 3. The van der Waals surface area contributed by atoms with Gasteiger partial charge >= 0.3 is 6.18 Å². The van der Waals surface area contributed by atoms with Crippen LogP contribution >= 0.6 is 11.8 Å². The summed E-state index contributed by atoms with van der Waals surface area (Å²) < 4.78 is 40.7. The summed E-state index contributed by atoms with van der Waals surface area (Å²) in [7, 11) is 1.45. The Balaban J connectivity index is 1.70. The van der Waals surface area contributed by atoms with Crippen molar-refractivity contribution in [2.45, 2.75) is 18.0 Å². The van der Waals surface area contributed by atoms with Crippen LogP contribution in [0.25, 0.3) is 10.9 Å². The molecule has 0 spiro atoms. The van der Waals surface area contributed by atoms with Gasteiger partial charge in [-0.05, 0) is 47.2 Å². The minimum absolute atomic E-state index is 0.265. The van der Waals surface area contributed by atoms with E-state index in [2.05, 4.69) is 0 Å². The van der Waals surface area contributed by atoms with E-state index in [1.807, 2.05) is 16.7 Å². The molecule has 8 heteroatoms. The molecule has 0 radical (unpaired) electrons. The molecule has 0 bridgehead atoms. The van der Waals surface area contributed by atoms with Crippen LogP contribution in [0.3, 0.4) is 0 Å². The lowest BCUT2D eigenvalue weighted by Crippen LogP contribution is -2.24. The second kappa shape index (κ2) is 6.70. The van der Waals surface area contributed by atoms with Crippen molar-refractivity contribution in [2.75, 3.05) is 7.05 Å². The third-order valence-electron chi connectivity index (χ3n) is 4.78. The Morgan fingerprint density at radius 3 is 2.50 bits per heavy atom. The zero-order valence-corrected chi connectivity index (χ0v) is 15.6. The first-order chi connectivity index (χ1) is 13.3. The zero-order chi connectivity index (χ0) is 20.1. The van der Waals surface area contributed by atoms with Crippen LogP contribution in [-0.2, 0) is 17.5 Å². The summed E-state index contributed by atoms with van der Waals surface area (Å²) in [5.41, 5.74) is 1.37. The van der Waals surface area contributed by atoms with E-state index in [0.29, 0.717) is 5.56 Å². The number of rotatable bonds is 3. The Morgan fingerprint density at radius 1 is 1.07 bits per heavy atom. The van der Waals surface area contributed by atoms with E-state index in [0.717, 1.165) is 45.3 Å². The van der Waals surface area contributed by atoms with Crippen LogP contribution in [0, 0.1) is 0 Å². The fourth-order valence-electron chi connectivity index (χ4n) is 3.35. The number of hydrogen-bond acceptors (Lipinski definition) is 3. The second-order valence-corrected chi connectivity index (χ2v) is 7.64. The highest BCUT2D eigenvalue weighted by atomic mass is 32.2. The third kappa shape index (κ3) is 3.17. The van der Waals surface area contributed by atoms with Crippen LogP contribution in [0.5, 0.6) is 0 Å². The molecule has 1 aliphatic rings. The van der Waals surface area contributed by atoms with E-state index in [4.69, 9.17) is 0 Å². The van der Waals surface area contributed by atoms with Crippen LogP contribution in [0.2, 0.25) is 0 Å². The molecule has 1 unspecified atom stereocenters. The SMILES string of the molecule is CN1C(=O)SC(c2cccc3c2ccn3Cc2cccc(C(F)(F)F)c2)C1=O. The number of nitrogens with zero attached hydrogens (tertiary/aromatic N) is 2. The topological polar surface area (TPSA) is 42.3 Å². The molecule has 2 aromatic carbocycles. The molecule has 0 saturated carbocycles. The Kier molecular flexibility index (Phi) is 4.45. The molecule has 1 aliphatic heterocycles. The fraction of sp³-hybridized carbons (Fsp3) is 0.200. The number of aromatic nitrogens is 1. The molecule has 3 aromatic rings. The maximum absolute atomic E-state index is 13.0. The van der Waals surface area contributed by atoms with Crippen molar-refractivity contribution < 1.29 is 22.8 Å². The van der Waals surface area contributed by atoms with Gasteiger partial charge in [-0.2, -0.15) is 13.2 Å². The van der Waals surface area contributed by atoms with Crippen LogP contribution in [0.1, 0.15) is 21.9 Å². The lowest BCUT2D eigenvalue weighted by molar-refractivity contribution is -0.137. The first-order valence-electron chi connectivity index (χ1n) is 8.48. The van der Waals surface area contributed by atoms with Crippen LogP contribution in [0.4, 0.5) is 18.0 Å². The molecule has 1 aromatic heterocycles. The van der Waals surface area contributed by atoms with Crippen molar-refractivity contribution in [2.24, 2.45) is 0 Å². The highest BCUT2D eigenvalue weighted by Gasteiger charge is 2.39. The molecule has 28 heavy (non-hydrogen) atoms. The standard InChI is InChI=1S/C20H15F3N2O2S/c1-24-18(26)17(28-19(24)27)15-6-3-7-16-14(15)8-9-25(16)11-12-4-2-5-13(10-12)20(21,22)23/h2-10,17H,11H2,1H3. The van der Waals surface area contributed by atoms with Gasteiger partial charge in [0.25, 0.3) is 5.24 Å². The number of benzene rings is 2. The van der Waals surface area contributed by atoms with Crippen LogP contribution in [0.15, 0.2) is 54.7 Å². The van der Waals surface area contributed by atoms with Crippen molar-refractivity contribution in [1.82, 2.24) is 9.47 Å². The normalized spacial score (nSPS) is 17.7. The van der Waals surface area contributed by atoms with E-state index in [1.165, 1.54) is 13.1 Å². The predicted molar refractivity (Wildman–Crippen MR) is 101 cm³/mol. The zero-order valence-electron chi connectivity index (χ0n) is 14.7. The van der Waals surface area contributed by atoms with Crippen molar-refractivity contribution in [3.05, 3.63) is 71.4 Å². The molecule has 4 nitrogen and oxygen atoms in total. The Labute approximate surface area is 162 Å². The first kappa shape index (κ1) is 18.6. The number of thioether (sulfide) groups is 1. The summed E-state index contributed by atoms with van der Waals surface area (Å²) in [4.78, 5) is 25.3. The lowest BCUT2D eigenvalue weighted by Gasteiger charge is -2.12. The van der Waals surface area contributed by atoms with Gasteiger partial charge in [0.15, 0.2) is 0 Å². The number of carbonyl (C=O) groups is 2. The molecule has 2 heterocycles. The van der Waals surface area contributed by atoms with Crippen molar-refractivity contribution >= 4 is 33.8 Å². The minimum atomic E-state index is -4.39. The highest BCUT2D eigenvalue weighted by Crippen LogP contribution is 2.41. The number of fused-ring (bicyclic) bond motifs is 1. The summed E-state index contributed by atoms with van der Waals surface area (Å²) in [5, 5.41) is -0.0931. The average molecular weight is 404 g/mol. The molecule has 144 valence electrons. The van der Waals surface area contributed by atoms with Crippen molar-refractivity contribution in [3.63, 3.8) is 0 Å². The summed E-state index contributed by atoms with van der Waals surface area (Å²) in [6.45, 7) is 0.265. The quantitative estimate of drug-likeness (QED) is 0.612. The maximum atomic E-state index is 13.0. The average Bonchev–Trinajstić information content (AvgIpc) is 3.18. The van der Waals surface area contributed by atoms with E-state index in [9.17, 15) is 22.8 Å². The second-order valence-electron chi connectivity index (χ2n) is 6.58. The largest absolute Gasteiger partial charge is 0.416 e. The van der Waals surface area contributed by atoms with E-state index >= 15 is 0 Å². The number of imide groups is 1. The van der Waals surface area contributed by atoms with E-state index in [1.54, 1.807) is 24.4 Å². The number of amides is 2. The summed E-state index contributed by atoms with van der Waals surface area (Å²) in [5.74, 6) is -0.270. The number of carbonyl (C=O) groups excluding carboxylic acids is 2. The van der Waals surface area contributed by atoms with Gasteiger partial charge < -0.3 is 4.57 Å². The van der Waals surface area contributed by atoms with Crippen LogP contribution in [-0.4, -0.2) is 27.7 Å².